The number of nitrogens with zero attached hydrogens (tertiary/aromatic N) is 3. The van der Waals surface area contributed by atoms with Crippen molar-refractivity contribution in [1.29, 1.82) is 0 Å². The number of nitrogens with one attached hydrogen (secondary N) is 2. The van der Waals surface area contributed by atoms with Gasteiger partial charge >= 0.3 is 0 Å². The highest BCUT2D eigenvalue weighted by Crippen LogP contribution is 2.25. The minimum Gasteiger partial charge on any atom is -0.370 e. The minimum absolute atomic E-state index is 0.212. The molecule has 1 aliphatic rings. The van der Waals surface area contributed by atoms with Gasteiger partial charge in [-0.3, -0.25) is 4.79 Å². The Bertz CT molecular complexity index is 539. The van der Waals surface area contributed by atoms with E-state index in [0.29, 0.717) is 18.4 Å². The Morgan fingerprint density at radius 3 is 2.62 bits per heavy atom. The summed E-state index contributed by atoms with van der Waals surface area (Å²) in [6, 6.07) is 2.37. The fourth-order valence-corrected chi connectivity index (χ4v) is 3.45. The number of hydrogen-bond acceptors (Lipinski definition) is 5. The van der Waals surface area contributed by atoms with Gasteiger partial charge in [0.2, 0.25) is 5.91 Å². The summed E-state index contributed by atoms with van der Waals surface area (Å²) in [7, 11) is 0. The summed E-state index contributed by atoms with van der Waals surface area (Å²) in [5.74, 6) is 2.75. The molecule has 1 saturated heterocycles. The van der Waals surface area contributed by atoms with Gasteiger partial charge in [0.05, 0.1) is 0 Å². The van der Waals surface area contributed by atoms with Crippen LogP contribution in [-0.2, 0) is 4.79 Å². The van der Waals surface area contributed by atoms with Crippen LogP contribution in [0.4, 0.5) is 11.6 Å². The number of rotatable bonds is 10. The summed E-state index contributed by atoms with van der Waals surface area (Å²) >= 11 is 0. The third-order valence-corrected chi connectivity index (χ3v) is 5.28. The Hall–Kier alpha value is -1.85. The van der Waals surface area contributed by atoms with E-state index in [1.807, 2.05) is 6.07 Å². The summed E-state index contributed by atoms with van der Waals surface area (Å²) in [6.45, 7) is 9.33. The topological polar surface area (TPSA) is 70.2 Å². The van der Waals surface area contributed by atoms with E-state index in [4.69, 9.17) is 0 Å². The predicted octanol–water partition coefficient (Wildman–Crippen LogP) is 3.60. The molecule has 1 amide bonds. The van der Waals surface area contributed by atoms with Gasteiger partial charge in [0.25, 0.3) is 0 Å². The number of carbonyl (C=O) groups excluding carboxylic acids is 1. The second kappa shape index (κ2) is 11.0. The second-order valence-electron chi connectivity index (χ2n) is 7.24. The fraction of sp³-hybridized carbons (Fsp3) is 0.750. The molecular weight excluding hydrogens is 326 g/mol. The summed E-state index contributed by atoms with van der Waals surface area (Å²) in [6.07, 6.45) is 8.63. The van der Waals surface area contributed by atoms with Crippen molar-refractivity contribution >= 4 is 17.5 Å². The molecular formula is C20H35N5O. The lowest BCUT2D eigenvalue weighted by Gasteiger charge is -2.32. The van der Waals surface area contributed by atoms with E-state index >= 15 is 0 Å². The maximum Gasteiger partial charge on any atom is 0.220 e. The molecule has 0 aliphatic carbocycles. The number of amides is 1. The maximum atomic E-state index is 12.1. The number of carbonyl (C=O) groups is 1. The molecule has 0 spiro atoms. The SMILES string of the molecule is CCCNc1cc(N2CCC(CCC(=O)NC(CC)CC)CC2)ncn1. The first-order valence-corrected chi connectivity index (χ1v) is 10.3. The smallest absolute Gasteiger partial charge is 0.220 e. The van der Waals surface area contributed by atoms with Crippen molar-refractivity contribution in [2.24, 2.45) is 5.92 Å². The van der Waals surface area contributed by atoms with Crippen molar-refractivity contribution in [2.75, 3.05) is 29.9 Å². The van der Waals surface area contributed by atoms with Crippen LogP contribution in [0.5, 0.6) is 0 Å². The van der Waals surface area contributed by atoms with Crippen LogP contribution in [0, 0.1) is 5.92 Å². The van der Waals surface area contributed by atoms with Crippen LogP contribution in [0.2, 0.25) is 0 Å². The highest BCUT2D eigenvalue weighted by Gasteiger charge is 2.21. The van der Waals surface area contributed by atoms with Crippen LogP contribution in [0.25, 0.3) is 0 Å². The third-order valence-electron chi connectivity index (χ3n) is 5.28. The Labute approximate surface area is 158 Å². The van der Waals surface area contributed by atoms with Crippen LogP contribution in [0.15, 0.2) is 12.4 Å². The molecule has 0 bridgehead atoms. The van der Waals surface area contributed by atoms with Crippen molar-refractivity contribution in [3.05, 3.63) is 12.4 Å². The summed E-state index contributed by atoms with van der Waals surface area (Å²) < 4.78 is 0. The first-order chi connectivity index (χ1) is 12.7. The van der Waals surface area contributed by atoms with Gasteiger partial charge in [-0.1, -0.05) is 20.8 Å². The molecule has 0 radical (unpaired) electrons. The number of piperidine rings is 1. The zero-order valence-corrected chi connectivity index (χ0v) is 16.6. The Kier molecular flexibility index (Phi) is 8.65. The average molecular weight is 362 g/mol. The number of hydrogen-bond donors (Lipinski definition) is 2. The van der Waals surface area contributed by atoms with Crippen LogP contribution in [0.3, 0.4) is 0 Å². The van der Waals surface area contributed by atoms with Crippen molar-refractivity contribution in [3.63, 3.8) is 0 Å². The summed E-state index contributed by atoms with van der Waals surface area (Å²) in [4.78, 5) is 23.1. The number of anilines is 2. The quantitative estimate of drug-likeness (QED) is 0.666. The summed E-state index contributed by atoms with van der Waals surface area (Å²) in [5.41, 5.74) is 0. The van der Waals surface area contributed by atoms with E-state index in [9.17, 15) is 4.79 Å². The largest absolute Gasteiger partial charge is 0.370 e. The Morgan fingerprint density at radius 1 is 1.23 bits per heavy atom. The van der Waals surface area contributed by atoms with Crippen molar-refractivity contribution in [1.82, 2.24) is 15.3 Å². The molecule has 0 atom stereocenters. The molecule has 6 nitrogen and oxygen atoms in total. The van der Waals surface area contributed by atoms with Gasteiger partial charge in [0, 0.05) is 38.2 Å². The molecule has 2 rings (SSSR count). The zero-order valence-electron chi connectivity index (χ0n) is 16.6. The first kappa shape index (κ1) is 20.5. The molecule has 6 heteroatoms. The van der Waals surface area contributed by atoms with Gasteiger partial charge in [-0.05, 0) is 44.4 Å². The molecule has 1 aliphatic heterocycles. The van der Waals surface area contributed by atoms with Crippen LogP contribution >= 0.6 is 0 Å². The second-order valence-corrected chi connectivity index (χ2v) is 7.24. The minimum atomic E-state index is 0.212. The molecule has 146 valence electrons. The lowest BCUT2D eigenvalue weighted by atomic mass is 9.92. The lowest BCUT2D eigenvalue weighted by molar-refractivity contribution is -0.122. The highest BCUT2D eigenvalue weighted by atomic mass is 16.1. The highest BCUT2D eigenvalue weighted by molar-refractivity contribution is 5.76. The fourth-order valence-electron chi connectivity index (χ4n) is 3.45. The standard InChI is InChI=1S/C20H35N5O/c1-4-11-21-18-14-19(23-15-22-18)25-12-9-16(10-13-25)7-8-20(26)24-17(5-2)6-3/h14-17H,4-13H2,1-3H3,(H,24,26)(H,21,22,23). The van der Waals surface area contributed by atoms with Gasteiger partial charge in [0.15, 0.2) is 0 Å². The Balaban J connectivity index is 1.74. The van der Waals surface area contributed by atoms with Crippen molar-refractivity contribution < 1.29 is 4.79 Å². The lowest BCUT2D eigenvalue weighted by Crippen LogP contribution is -2.36. The maximum absolute atomic E-state index is 12.1. The van der Waals surface area contributed by atoms with Gasteiger partial charge in [-0.25, -0.2) is 9.97 Å². The molecule has 0 unspecified atom stereocenters. The van der Waals surface area contributed by atoms with E-state index < -0.39 is 0 Å². The molecule has 0 aromatic carbocycles. The van der Waals surface area contributed by atoms with E-state index in [1.165, 1.54) is 0 Å². The van der Waals surface area contributed by atoms with E-state index in [2.05, 4.69) is 46.3 Å². The van der Waals surface area contributed by atoms with Crippen LogP contribution < -0.4 is 15.5 Å². The van der Waals surface area contributed by atoms with Crippen molar-refractivity contribution in [3.8, 4) is 0 Å². The average Bonchev–Trinajstić information content (AvgIpc) is 2.69. The first-order valence-electron chi connectivity index (χ1n) is 10.3. The Morgan fingerprint density at radius 2 is 1.96 bits per heavy atom. The van der Waals surface area contributed by atoms with Gasteiger partial charge in [-0.15, -0.1) is 0 Å². The molecule has 1 aromatic heterocycles. The van der Waals surface area contributed by atoms with Gasteiger partial charge in [-0.2, -0.15) is 0 Å². The molecule has 26 heavy (non-hydrogen) atoms. The zero-order chi connectivity index (χ0) is 18.8. The van der Waals surface area contributed by atoms with E-state index in [1.54, 1.807) is 6.33 Å². The summed E-state index contributed by atoms with van der Waals surface area (Å²) in [5, 5.41) is 6.46. The van der Waals surface area contributed by atoms with Crippen molar-refractivity contribution in [2.45, 2.75) is 71.8 Å². The van der Waals surface area contributed by atoms with Crippen LogP contribution in [0.1, 0.15) is 65.7 Å². The monoisotopic (exact) mass is 361 g/mol. The molecule has 2 N–H and O–H groups in total. The molecule has 2 heterocycles. The molecule has 0 saturated carbocycles. The normalized spacial score (nSPS) is 15.3. The van der Waals surface area contributed by atoms with E-state index in [0.717, 1.165) is 69.8 Å². The predicted molar refractivity (Wildman–Crippen MR) is 107 cm³/mol. The van der Waals surface area contributed by atoms with Crippen LogP contribution in [-0.4, -0.2) is 41.6 Å². The third kappa shape index (κ3) is 6.46. The number of aromatic nitrogens is 2. The van der Waals surface area contributed by atoms with Gasteiger partial charge < -0.3 is 15.5 Å². The molecule has 1 fully saturated rings. The molecule has 1 aromatic rings. The van der Waals surface area contributed by atoms with E-state index in [-0.39, 0.29) is 5.91 Å². The van der Waals surface area contributed by atoms with Gasteiger partial charge in [0.1, 0.15) is 18.0 Å².